The van der Waals surface area contributed by atoms with Crippen LogP contribution in [-0.4, -0.2) is 6.03 Å². The topological polar surface area (TPSA) is 77.0 Å². The Kier molecular flexibility index (Phi) is 3.50. The number of fused-ring (bicyclic) bond motifs is 1. The minimum atomic E-state index is -0.325. The van der Waals surface area contributed by atoms with E-state index >= 15 is 0 Å². The average molecular weight is 290 g/mol. The Bertz CT molecular complexity index is 787. The zero-order valence-electron chi connectivity index (χ0n) is 11.8. The summed E-state index contributed by atoms with van der Waals surface area (Å²) in [7, 11) is 0. The van der Waals surface area contributed by atoms with Gasteiger partial charge in [0.2, 0.25) is 0 Å². The average Bonchev–Trinajstić information content (AvgIpc) is 2.87. The first-order valence-electron chi connectivity index (χ1n) is 6.80. The summed E-state index contributed by atoms with van der Waals surface area (Å²) in [5, 5.41) is 17.4. The van der Waals surface area contributed by atoms with Gasteiger partial charge in [-0.2, -0.15) is 5.26 Å². The molecular formula is C17H14N4O. The number of nitrogens with one attached hydrogen (secondary N) is 3. The van der Waals surface area contributed by atoms with Crippen molar-refractivity contribution in [2.45, 2.75) is 6.42 Å². The number of amides is 2. The van der Waals surface area contributed by atoms with Gasteiger partial charge in [0.1, 0.15) is 0 Å². The summed E-state index contributed by atoms with van der Waals surface area (Å²) in [6, 6.07) is 14.1. The van der Waals surface area contributed by atoms with E-state index in [2.05, 4.69) is 22.5 Å². The maximum atomic E-state index is 12.0. The van der Waals surface area contributed by atoms with E-state index in [0.29, 0.717) is 11.3 Å². The van der Waals surface area contributed by atoms with Crippen molar-refractivity contribution in [3.05, 3.63) is 65.9 Å². The second kappa shape index (κ2) is 5.62. The summed E-state index contributed by atoms with van der Waals surface area (Å²) < 4.78 is 0. The van der Waals surface area contributed by atoms with E-state index in [9.17, 15) is 4.79 Å². The Morgan fingerprint density at radius 3 is 2.55 bits per heavy atom. The molecule has 1 aliphatic heterocycles. The summed E-state index contributed by atoms with van der Waals surface area (Å²) in [6.45, 7) is 3.90. The number of carbonyl (C=O) groups is 1. The van der Waals surface area contributed by atoms with Crippen molar-refractivity contribution in [3.63, 3.8) is 0 Å². The molecule has 5 heteroatoms. The molecule has 1 aliphatic rings. The minimum absolute atomic E-state index is 0.325. The molecule has 1 heterocycles. The first kappa shape index (κ1) is 13.7. The molecule has 0 atom stereocenters. The fourth-order valence-electron chi connectivity index (χ4n) is 2.33. The third kappa shape index (κ3) is 2.91. The lowest BCUT2D eigenvalue weighted by atomic mass is 10.1. The van der Waals surface area contributed by atoms with Gasteiger partial charge in [-0.1, -0.05) is 6.58 Å². The van der Waals surface area contributed by atoms with Crippen molar-refractivity contribution >= 4 is 23.1 Å². The quantitative estimate of drug-likeness (QED) is 0.789. The van der Waals surface area contributed by atoms with Crippen LogP contribution in [0.15, 0.2) is 54.7 Å². The first-order chi connectivity index (χ1) is 10.6. The van der Waals surface area contributed by atoms with Crippen LogP contribution in [0.4, 0.5) is 21.9 Å². The number of hydrogen-bond acceptors (Lipinski definition) is 3. The van der Waals surface area contributed by atoms with Crippen LogP contribution in [0.5, 0.6) is 0 Å². The Morgan fingerprint density at radius 2 is 1.82 bits per heavy atom. The van der Waals surface area contributed by atoms with E-state index in [4.69, 9.17) is 5.26 Å². The van der Waals surface area contributed by atoms with Gasteiger partial charge in [-0.3, -0.25) is 0 Å². The molecule has 3 N–H and O–H groups in total. The first-order valence-corrected chi connectivity index (χ1v) is 6.80. The van der Waals surface area contributed by atoms with E-state index in [0.717, 1.165) is 29.1 Å². The number of urea groups is 1. The number of nitriles is 1. The highest BCUT2D eigenvalue weighted by molar-refractivity contribution is 6.00. The van der Waals surface area contributed by atoms with E-state index in [-0.39, 0.29) is 6.03 Å². The zero-order valence-corrected chi connectivity index (χ0v) is 11.8. The van der Waals surface area contributed by atoms with Gasteiger partial charge in [0.15, 0.2) is 0 Å². The van der Waals surface area contributed by atoms with Crippen LogP contribution >= 0.6 is 0 Å². The lowest BCUT2D eigenvalue weighted by Crippen LogP contribution is -2.19. The fraction of sp³-hybridized carbons (Fsp3) is 0.0588. The van der Waals surface area contributed by atoms with Crippen LogP contribution in [0.25, 0.3) is 0 Å². The maximum Gasteiger partial charge on any atom is 0.323 e. The molecular weight excluding hydrogens is 276 g/mol. The molecule has 0 unspecified atom stereocenters. The molecule has 0 aromatic heterocycles. The molecule has 0 radical (unpaired) electrons. The van der Waals surface area contributed by atoms with Crippen molar-refractivity contribution < 1.29 is 4.79 Å². The SMILES string of the molecule is C=C1Cc2cc(NC(=O)Nc3ccc(C#N)cc3)ccc2N1. The molecule has 3 rings (SSSR count). The maximum absolute atomic E-state index is 12.0. The summed E-state index contributed by atoms with van der Waals surface area (Å²) in [6.07, 6.45) is 0.766. The Balaban J connectivity index is 1.66. The van der Waals surface area contributed by atoms with Gasteiger partial charge in [-0.15, -0.1) is 0 Å². The highest BCUT2D eigenvalue weighted by Gasteiger charge is 2.14. The van der Waals surface area contributed by atoms with Gasteiger partial charge in [-0.25, -0.2) is 4.79 Å². The lowest BCUT2D eigenvalue weighted by molar-refractivity contribution is 0.262. The third-order valence-electron chi connectivity index (χ3n) is 3.35. The zero-order chi connectivity index (χ0) is 15.5. The molecule has 2 aromatic carbocycles. The number of hydrogen-bond donors (Lipinski definition) is 3. The Hall–Kier alpha value is -3.26. The molecule has 0 saturated carbocycles. The normalized spacial score (nSPS) is 12.0. The number of carbonyl (C=O) groups excluding carboxylic acids is 1. The predicted molar refractivity (Wildman–Crippen MR) is 86.7 cm³/mol. The summed E-state index contributed by atoms with van der Waals surface area (Å²) in [5.41, 5.74) is 5.00. The molecule has 0 aliphatic carbocycles. The number of nitrogens with zero attached hydrogens (tertiary/aromatic N) is 1. The lowest BCUT2D eigenvalue weighted by Gasteiger charge is -2.09. The molecule has 2 aromatic rings. The minimum Gasteiger partial charge on any atom is -0.359 e. The molecule has 0 spiro atoms. The molecule has 22 heavy (non-hydrogen) atoms. The van der Waals surface area contributed by atoms with Crippen LogP contribution in [-0.2, 0) is 6.42 Å². The van der Waals surface area contributed by atoms with Crippen LogP contribution in [0.1, 0.15) is 11.1 Å². The van der Waals surface area contributed by atoms with Crippen molar-refractivity contribution in [1.82, 2.24) is 0 Å². The Morgan fingerprint density at radius 1 is 1.14 bits per heavy atom. The smallest absolute Gasteiger partial charge is 0.323 e. The Labute approximate surface area is 128 Å². The van der Waals surface area contributed by atoms with Gasteiger partial charge in [0.25, 0.3) is 0 Å². The second-order valence-electron chi connectivity index (χ2n) is 5.05. The highest BCUT2D eigenvalue weighted by Crippen LogP contribution is 2.29. The third-order valence-corrected chi connectivity index (χ3v) is 3.35. The molecule has 0 bridgehead atoms. The summed E-state index contributed by atoms with van der Waals surface area (Å²) >= 11 is 0. The van der Waals surface area contributed by atoms with Crippen molar-refractivity contribution in [1.29, 1.82) is 5.26 Å². The molecule has 2 amide bonds. The van der Waals surface area contributed by atoms with Crippen molar-refractivity contribution in [3.8, 4) is 6.07 Å². The van der Waals surface area contributed by atoms with Gasteiger partial charge < -0.3 is 16.0 Å². The van der Waals surface area contributed by atoms with E-state index in [1.54, 1.807) is 24.3 Å². The molecule has 0 fully saturated rings. The predicted octanol–water partition coefficient (Wildman–Crippen LogP) is 3.68. The highest BCUT2D eigenvalue weighted by atomic mass is 16.2. The van der Waals surface area contributed by atoms with Crippen molar-refractivity contribution in [2.24, 2.45) is 0 Å². The van der Waals surface area contributed by atoms with Gasteiger partial charge in [0.05, 0.1) is 11.6 Å². The molecule has 108 valence electrons. The van der Waals surface area contributed by atoms with Crippen LogP contribution in [0.3, 0.4) is 0 Å². The van der Waals surface area contributed by atoms with Crippen LogP contribution in [0.2, 0.25) is 0 Å². The van der Waals surface area contributed by atoms with Crippen molar-refractivity contribution in [2.75, 3.05) is 16.0 Å². The van der Waals surface area contributed by atoms with Gasteiger partial charge >= 0.3 is 6.03 Å². The number of benzene rings is 2. The van der Waals surface area contributed by atoms with E-state index in [1.807, 2.05) is 24.3 Å². The molecule has 0 saturated heterocycles. The number of anilines is 3. The van der Waals surface area contributed by atoms with Crippen LogP contribution in [0, 0.1) is 11.3 Å². The van der Waals surface area contributed by atoms with Gasteiger partial charge in [0, 0.05) is 29.2 Å². The second-order valence-corrected chi connectivity index (χ2v) is 5.05. The largest absolute Gasteiger partial charge is 0.359 e. The number of rotatable bonds is 2. The molecule has 5 nitrogen and oxygen atoms in total. The summed E-state index contributed by atoms with van der Waals surface area (Å²) in [4.78, 5) is 12.0. The van der Waals surface area contributed by atoms with E-state index < -0.39 is 0 Å². The van der Waals surface area contributed by atoms with Gasteiger partial charge in [-0.05, 0) is 48.0 Å². The van der Waals surface area contributed by atoms with Crippen LogP contribution < -0.4 is 16.0 Å². The van der Waals surface area contributed by atoms with E-state index in [1.165, 1.54) is 0 Å². The summed E-state index contributed by atoms with van der Waals surface area (Å²) in [5.74, 6) is 0. The fourth-order valence-corrected chi connectivity index (χ4v) is 2.33. The number of allylic oxidation sites excluding steroid dienone is 1. The standard InChI is InChI=1S/C17H14N4O/c1-11-8-13-9-15(6-7-16(13)19-11)21-17(22)20-14-4-2-12(10-18)3-5-14/h2-7,9,19H,1,8H2,(H2,20,21,22). The monoisotopic (exact) mass is 290 g/mol.